The Morgan fingerprint density at radius 3 is 2.80 bits per heavy atom. The van der Waals surface area contributed by atoms with Crippen LogP contribution in [0, 0.1) is 10.1 Å². The largest absolute Gasteiger partial charge is 0.394 e. The highest BCUT2D eigenvalue weighted by Gasteiger charge is 2.56. The number of aromatic nitrogens is 2. The lowest BCUT2D eigenvalue weighted by Crippen LogP contribution is -2.31. The normalized spacial score (nSPS) is 35.1. The molecular weight excluding hydrogens is 270 g/mol. The van der Waals surface area contributed by atoms with Crippen LogP contribution < -0.4 is 0 Å². The Labute approximate surface area is 114 Å². The highest BCUT2D eigenvalue weighted by atomic mass is 16.8. The Bertz CT molecular complexity index is 530. The van der Waals surface area contributed by atoms with Gasteiger partial charge in [-0.15, -0.1) is 4.68 Å². The summed E-state index contributed by atoms with van der Waals surface area (Å²) in [5.74, 6) is -1.06. The van der Waals surface area contributed by atoms with Gasteiger partial charge >= 0.3 is 5.82 Å². The molecule has 0 aromatic carbocycles. The van der Waals surface area contributed by atoms with Gasteiger partial charge in [-0.05, 0) is 18.8 Å². The van der Waals surface area contributed by atoms with Gasteiger partial charge in [-0.2, -0.15) is 0 Å². The minimum absolute atomic E-state index is 0.222. The van der Waals surface area contributed by atoms with Crippen LogP contribution >= 0.6 is 0 Å². The molecule has 0 unspecified atom stereocenters. The zero-order chi connectivity index (χ0) is 14.5. The molecule has 110 valence electrons. The zero-order valence-electron chi connectivity index (χ0n) is 11.0. The van der Waals surface area contributed by atoms with Crippen LogP contribution in [0.3, 0.4) is 0 Å². The van der Waals surface area contributed by atoms with E-state index in [1.807, 2.05) is 0 Å². The zero-order valence-corrected chi connectivity index (χ0v) is 11.0. The Hall–Kier alpha value is -1.55. The van der Waals surface area contributed by atoms with Crippen molar-refractivity contribution in [3.8, 4) is 0 Å². The maximum atomic E-state index is 10.7. The highest BCUT2D eigenvalue weighted by molar-refractivity contribution is 5.15. The van der Waals surface area contributed by atoms with Gasteiger partial charge in [-0.25, -0.2) is 0 Å². The second-order valence-corrected chi connectivity index (χ2v) is 5.22. The second-order valence-electron chi connectivity index (χ2n) is 5.22. The Balaban J connectivity index is 1.87. The number of aliphatic hydroxyl groups excluding tert-OH is 1. The van der Waals surface area contributed by atoms with Crippen LogP contribution in [0.15, 0.2) is 12.3 Å². The molecule has 2 saturated heterocycles. The first-order valence-electron chi connectivity index (χ1n) is 6.23. The van der Waals surface area contributed by atoms with Crippen molar-refractivity contribution in [2.24, 2.45) is 0 Å². The smallest absolute Gasteiger partial charge is 0.390 e. The first-order valence-corrected chi connectivity index (χ1v) is 6.23. The van der Waals surface area contributed by atoms with Gasteiger partial charge in [0, 0.05) is 0 Å². The Kier molecular flexibility index (Phi) is 3.01. The van der Waals surface area contributed by atoms with Crippen LogP contribution in [0.4, 0.5) is 5.82 Å². The summed E-state index contributed by atoms with van der Waals surface area (Å²) < 4.78 is 18.4. The minimum Gasteiger partial charge on any atom is -0.394 e. The van der Waals surface area contributed by atoms with Crippen molar-refractivity contribution in [2.45, 2.75) is 44.2 Å². The Morgan fingerprint density at radius 1 is 1.50 bits per heavy atom. The molecule has 9 heteroatoms. The van der Waals surface area contributed by atoms with Crippen LogP contribution in [-0.4, -0.2) is 50.5 Å². The fourth-order valence-corrected chi connectivity index (χ4v) is 2.59. The summed E-state index contributed by atoms with van der Waals surface area (Å²) in [6.07, 6.45) is -0.651. The molecule has 1 N–H and O–H groups in total. The fraction of sp³-hybridized carbons (Fsp3) is 0.727. The van der Waals surface area contributed by atoms with Crippen molar-refractivity contribution in [3.05, 3.63) is 22.4 Å². The van der Waals surface area contributed by atoms with Crippen molar-refractivity contribution in [2.75, 3.05) is 6.61 Å². The summed E-state index contributed by atoms with van der Waals surface area (Å²) in [7, 11) is 0. The topological polar surface area (TPSA) is 109 Å². The number of fused-ring (bicyclic) bond motifs is 1. The van der Waals surface area contributed by atoms with Crippen molar-refractivity contribution >= 4 is 5.82 Å². The SMILES string of the molecule is CC1(C)O[C@@H]2[C@H](O1)[C@@H](CO)O[C@H]2n1ccc([N+](=O)[O-])n1. The first-order chi connectivity index (χ1) is 9.41. The molecular formula is C11H15N3O6. The molecule has 9 nitrogen and oxygen atoms in total. The number of nitro groups is 1. The maximum absolute atomic E-state index is 10.7. The third-order valence-electron chi connectivity index (χ3n) is 3.35. The van der Waals surface area contributed by atoms with E-state index in [0.29, 0.717) is 0 Å². The van der Waals surface area contributed by atoms with Gasteiger partial charge in [0.25, 0.3) is 0 Å². The highest BCUT2D eigenvalue weighted by Crippen LogP contribution is 2.42. The molecule has 0 saturated carbocycles. The summed E-state index contributed by atoms with van der Waals surface area (Å²) in [6.45, 7) is 3.31. The van der Waals surface area contributed by atoms with E-state index in [9.17, 15) is 15.2 Å². The van der Waals surface area contributed by atoms with Crippen LogP contribution in [-0.2, 0) is 14.2 Å². The summed E-state index contributed by atoms with van der Waals surface area (Å²) in [5, 5.41) is 23.9. The van der Waals surface area contributed by atoms with E-state index in [0.717, 1.165) is 0 Å². The molecule has 4 atom stereocenters. The number of ether oxygens (including phenoxy) is 3. The summed E-state index contributed by atoms with van der Waals surface area (Å²) in [5.41, 5.74) is 0. The molecule has 2 aliphatic rings. The molecule has 3 rings (SSSR count). The third kappa shape index (κ3) is 2.08. The monoisotopic (exact) mass is 285 g/mol. The second kappa shape index (κ2) is 4.48. The van der Waals surface area contributed by atoms with E-state index < -0.39 is 35.3 Å². The lowest BCUT2D eigenvalue weighted by molar-refractivity contribution is -0.390. The van der Waals surface area contributed by atoms with Gasteiger partial charge in [0.05, 0.1) is 24.0 Å². The number of hydrogen-bond acceptors (Lipinski definition) is 7. The molecule has 20 heavy (non-hydrogen) atoms. The molecule has 2 aliphatic heterocycles. The van der Waals surface area contributed by atoms with Crippen molar-refractivity contribution < 1.29 is 24.2 Å². The van der Waals surface area contributed by atoms with Gasteiger partial charge in [0.15, 0.2) is 12.0 Å². The average Bonchev–Trinajstić information content (AvgIpc) is 3.01. The molecule has 2 fully saturated rings. The van der Waals surface area contributed by atoms with E-state index in [1.54, 1.807) is 13.8 Å². The molecule has 3 heterocycles. The average molecular weight is 285 g/mol. The van der Waals surface area contributed by atoms with Crippen molar-refractivity contribution in [3.63, 3.8) is 0 Å². The van der Waals surface area contributed by atoms with E-state index in [1.165, 1.54) is 16.9 Å². The molecule has 0 aliphatic carbocycles. The standard InChI is InChI=1S/C11H15N3O6/c1-11(2)19-8-6(5-15)18-10(9(8)20-11)13-4-3-7(12-13)14(16)17/h3-4,6,8-10,15H,5H2,1-2H3/t6-,8-,9-,10-/m1/s1. The van der Waals surface area contributed by atoms with Gasteiger partial charge in [0.1, 0.15) is 18.3 Å². The predicted octanol–water partition coefficient (Wildman–Crippen LogP) is 0.201. The van der Waals surface area contributed by atoms with E-state index in [4.69, 9.17) is 14.2 Å². The Morgan fingerprint density at radius 2 is 2.20 bits per heavy atom. The van der Waals surface area contributed by atoms with Crippen LogP contribution in [0.1, 0.15) is 20.1 Å². The first kappa shape index (κ1) is 13.4. The summed E-state index contributed by atoms with van der Waals surface area (Å²) >= 11 is 0. The summed E-state index contributed by atoms with van der Waals surface area (Å²) in [4.78, 5) is 10.1. The van der Waals surface area contributed by atoms with Crippen LogP contribution in [0.2, 0.25) is 0 Å². The number of hydrogen-bond donors (Lipinski definition) is 1. The van der Waals surface area contributed by atoms with Crippen LogP contribution in [0.5, 0.6) is 0 Å². The molecule has 0 bridgehead atoms. The lowest BCUT2D eigenvalue weighted by Gasteiger charge is -2.22. The molecule has 1 aromatic heterocycles. The molecule has 0 amide bonds. The molecule has 0 radical (unpaired) electrons. The van der Waals surface area contributed by atoms with Crippen molar-refractivity contribution in [1.29, 1.82) is 0 Å². The van der Waals surface area contributed by atoms with E-state index in [2.05, 4.69) is 5.10 Å². The van der Waals surface area contributed by atoms with Crippen molar-refractivity contribution in [1.82, 2.24) is 9.78 Å². The lowest BCUT2D eigenvalue weighted by atomic mass is 10.1. The number of rotatable bonds is 3. The number of nitrogens with zero attached hydrogens (tertiary/aromatic N) is 3. The van der Waals surface area contributed by atoms with Gasteiger partial charge in [0.2, 0.25) is 0 Å². The predicted molar refractivity (Wildman–Crippen MR) is 63.7 cm³/mol. The van der Waals surface area contributed by atoms with Gasteiger partial charge in [-0.3, -0.25) is 0 Å². The van der Waals surface area contributed by atoms with Crippen LogP contribution in [0.25, 0.3) is 0 Å². The molecule has 0 spiro atoms. The van der Waals surface area contributed by atoms with E-state index >= 15 is 0 Å². The minimum atomic E-state index is -0.788. The van der Waals surface area contributed by atoms with Gasteiger partial charge in [-0.1, -0.05) is 0 Å². The van der Waals surface area contributed by atoms with Gasteiger partial charge < -0.3 is 29.4 Å². The quantitative estimate of drug-likeness (QED) is 0.624. The third-order valence-corrected chi connectivity index (χ3v) is 3.35. The maximum Gasteiger partial charge on any atom is 0.390 e. The number of aliphatic hydroxyl groups is 1. The summed E-state index contributed by atoms with van der Waals surface area (Å²) in [6, 6.07) is 1.28. The molecule has 1 aromatic rings. The fourth-order valence-electron chi connectivity index (χ4n) is 2.59. The van der Waals surface area contributed by atoms with E-state index in [-0.39, 0.29) is 12.4 Å².